The van der Waals surface area contributed by atoms with Crippen LogP contribution in [0.3, 0.4) is 0 Å². The van der Waals surface area contributed by atoms with Crippen LogP contribution in [-0.2, 0) is 0 Å². The number of Topliss-reactive ketones (excluding diaryl/α,β-unsaturated/α-hetero) is 1. The number of carbonyl (C=O) groups is 1. The number of hydrogen-bond acceptors (Lipinski definition) is 3. The molecular formula is C7H7ClN2O. The average molecular weight is 171 g/mol. The van der Waals surface area contributed by atoms with Crippen LogP contribution in [0, 0.1) is 0 Å². The fourth-order valence-corrected chi connectivity index (χ4v) is 0.886. The molecule has 4 heteroatoms. The molecule has 1 heterocycles. The number of halogens is 1. The molecule has 3 nitrogen and oxygen atoms in total. The van der Waals surface area contributed by atoms with E-state index in [0.717, 1.165) is 0 Å². The van der Waals surface area contributed by atoms with Crippen molar-refractivity contribution >= 4 is 17.4 Å². The molecule has 0 atom stereocenters. The summed E-state index contributed by atoms with van der Waals surface area (Å²) in [6.07, 6.45) is 3.31. The number of rotatable bonds is 2. The van der Waals surface area contributed by atoms with E-state index >= 15 is 0 Å². The van der Waals surface area contributed by atoms with Gasteiger partial charge in [-0.15, -0.1) is 0 Å². The largest absolute Gasteiger partial charge is 0.292 e. The van der Waals surface area contributed by atoms with Gasteiger partial charge in [0.15, 0.2) is 10.9 Å². The van der Waals surface area contributed by atoms with Crippen LogP contribution in [0.1, 0.15) is 23.8 Å². The highest BCUT2D eigenvalue weighted by Crippen LogP contribution is 2.09. The lowest BCUT2D eigenvalue weighted by Crippen LogP contribution is -2.01. The first kappa shape index (κ1) is 8.14. The van der Waals surface area contributed by atoms with Gasteiger partial charge < -0.3 is 0 Å². The molecule has 0 radical (unpaired) electrons. The van der Waals surface area contributed by atoms with Crippen LogP contribution in [0.15, 0.2) is 12.4 Å². The standard InChI is InChI=1S/C7H7ClN2O/c1-2-5(11)6-7(8)10-4-3-9-6/h3-4H,2H2,1H3. The smallest absolute Gasteiger partial charge is 0.184 e. The van der Waals surface area contributed by atoms with E-state index in [2.05, 4.69) is 9.97 Å². The highest BCUT2D eigenvalue weighted by atomic mass is 35.5. The second-order valence-corrected chi connectivity index (χ2v) is 2.33. The van der Waals surface area contributed by atoms with E-state index in [1.807, 2.05) is 0 Å². The summed E-state index contributed by atoms with van der Waals surface area (Å²) in [5, 5.41) is 0.180. The molecule has 0 saturated carbocycles. The third-order valence-electron chi connectivity index (χ3n) is 1.24. The Morgan fingerprint density at radius 1 is 1.55 bits per heavy atom. The van der Waals surface area contributed by atoms with Crippen molar-refractivity contribution < 1.29 is 4.79 Å². The van der Waals surface area contributed by atoms with Crippen molar-refractivity contribution in [2.45, 2.75) is 13.3 Å². The average Bonchev–Trinajstić information content (AvgIpc) is 2.04. The molecule has 0 spiro atoms. The molecule has 0 unspecified atom stereocenters. The Labute approximate surface area is 69.4 Å². The second kappa shape index (κ2) is 3.44. The minimum Gasteiger partial charge on any atom is -0.292 e. The fourth-order valence-electron chi connectivity index (χ4n) is 0.676. The van der Waals surface area contributed by atoms with E-state index in [4.69, 9.17) is 11.6 Å². The molecule has 0 aliphatic rings. The Morgan fingerprint density at radius 3 is 2.73 bits per heavy atom. The summed E-state index contributed by atoms with van der Waals surface area (Å²) in [5.41, 5.74) is 0.261. The summed E-state index contributed by atoms with van der Waals surface area (Å²) in [4.78, 5) is 18.6. The van der Waals surface area contributed by atoms with Gasteiger partial charge >= 0.3 is 0 Å². The molecule has 1 rings (SSSR count). The number of ketones is 1. The third-order valence-corrected chi connectivity index (χ3v) is 1.52. The summed E-state index contributed by atoms with van der Waals surface area (Å²) in [5.74, 6) is -0.0805. The van der Waals surface area contributed by atoms with Crippen molar-refractivity contribution in [1.29, 1.82) is 0 Å². The molecule has 0 aliphatic carbocycles. The topological polar surface area (TPSA) is 42.9 Å². The zero-order chi connectivity index (χ0) is 8.27. The lowest BCUT2D eigenvalue weighted by atomic mass is 10.2. The van der Waals surface area contributed by atoms with Crippen LogP contribution < -0.4 is 0 Å². The van der Waals surface area contributed by atoms with Gasteiger partial charge in [0, 0.05) is 18.8 Å². The lowest BCUT2D eigenvalue weighted by Gasteiger charge is -1.96. The third kappa shape index (κ3) is 1.74. The highest BCUT2D eigenvalue weighted by Gasteiger charge is 2.08. The number of aromatic nitrogens is 2. The first-order valence-corrected chi connectivity index (χ1v) is 3.63. The Hall–Kier alpha value is -0.960. The summed E-state index contributed by atoms with van der Waals surface area (Å²) in [6, 6.07) is 0. The number of carbonyl (C=O) groups excluding carboxylic acids is 1. The molecule has 11 heavy (non-hydrogen) atoms. The number of hydrogen-bond donors (Lipinski definition) is 0. The molecule has 0 aromatic carbocycles. The quantitative estimate of drug-likeness (QED) is 0.635. The SMILES string of the molecule is CCC(=O)c1nccnc1Cl. The van der Waals surface area contributed by atoms with Crippen LogP contribution in [0.2, 0.25) is 5.15 Å². The Kier molecular flexibility index (Phi) is 2.54. The van der Waals surface area contributed by atoms with Gasteiger partial charge in [0.1, 0.15) is 5.69 Å². The second-order valence-electron chi connectivity index (χ2n) is 1.97. The van der Waals surface area contributed by atoms with E-state index < -0.39 is 0 Å². The molecule has 0 amide bonds. The zero-order valence-electron chi connectivity index (χ0n) is 6.04. The predicted molar refractivity (Wildman–Crippen MR) is 41.7 cm³/mol. The summed E-state index contributed by atoms with van der Waals surface area (Å²) >= 11 is 5.60. The van der Waals surface area contributed by atoms with Gasteiger partial charge in [-0.25, -0.2) is 9.97 Å². The van der Waals surface area contributed by atoms with Gasteiger partial charge in [0.2, 0.25) is 0 Å². The fraction of sp³-hybridized carbons (Fsp3) is 0.286. The maximum Gasteiger partial charge on any atom is 0.184 e. The van der Waals surface area contributed by atoms with Gasteiger partial charge in [-0.2, -0.15) is 0 Å². The Bertz CT molecular complexity index is 275. The van der Waals surface area contributed by atoms with E-state index in [9.17, 15) is 4.79 Å². The highest BCUT2D eigenvalue weighted by molar-refractivity contribution is 6.32. The summed E-state index contributed by atoms with van der Waals surface area (Å²) in [7, 11) is 0. The lowest BCUT2D eigenvalue weighted by molar-refractivity contribution is 0.0983. The van der Waals surface area contributed by atoms with Gasteiger partial charge in [-0.1, -0.05) is 18.5 Å². The summed E-state index contributed by atoms with van der Waals surface area (Å²) in [6.45, 7) is 1.76. The molecule has 0 aliphatic heterocycles. The van der Waals surface area contributed by atoms with Crippen LogP contribution in [0.5, 0.6) is 0 Å². The Morgan fingerprint density at radius 2 is 2.18 bits per heavy atom. The van der Waals surface area contributed by atoms with Gasteiger partial charge in [-0.05, 0) is 0 Å². The summed E-state index contributed by atoms with van der Waals surface area (Å²) < 4.78 is 0. The van der Waals surface area contributed by atoms with E-state index in [0.29, 0.717) is 6.42 Å². The van der Waals surface area contributed by atoms with Crippen molar-refractivity contribution in [3.63, 3.8) is 0 Å². The monoisotopic (exact) mass is 170 g/mol. The molecule has 0 saturated heterocycles. The number of nitrogens with zero attached hydrogens (tertiary/aromatic N) is 2. The van der Waals surface area contributed by atoms with Crippen molar-refractivity contribution in [3.05, 3.63) is 23.2 Å². The van der Waals surface area contributed by atoms with Gasteiger partial charge in [0.05, 0.1) is 0 Å². The van der Waals surface area contributed by atoms with E-state index in [1.165, 1.54) is 12.4 Å². The first-order chi connectivity index (χ1) is 5.25. The normalized spacial score (nSPS) is 9.64. The van der Waals surface area contributed by atoms with Crippen molar-refractivity contribution in [2.75, 3.05) is 0 Å². The van der Waals surface area contributed by atoms with Gasteiger partial charge in [-0.3, -0.25) is 4.79 Å². The van der Waals surface area contributed by atoms with Crippen LogP contribution in [-0.4, -0.2) is 15.8 Å². The molecule has 58 valence electrons. The van der Waals surface area contributed by atoms with Gasteiger partial charge in [0.25, 0.3) is 0 Å². The van der Waals surface area contributed by atoms with Crippen LogP contribution in [0.25, 0.3) is 0 Å². The minimum atomic E-state index is -0.0805. The predicted octanol–water partition coefficient (Wildman–Crippen LogP) is 1.72. The minimum absolute atomic E-state index is 0.0805. The maximum absolute atomic E-state index is 11.0. The van der Waals surface area contributed by atoms with E-state index in [1.54, 1.807) is 6.92 Å². The molecule has 0 fully saturated rings. The zero-order valence-corrected chi connectivity index (χ0v) is 6.80. The molecular weight excluding hydrogens is 164 g/mol. The van der Waals surface area contributed by atoms with E-state index in [-0.39, 0.29) is 16.6 Å². The van der Waals surface area contributed by atoms with Crippen LogP contribution >= 0.6 is 11.6 Å². The Balaban J connectivity index is 3.03. The molecule has 1 aromatic heterocycles. The van der Waals surface area contributed by atoms with Crippen molar-refractivity contribution in [3.8, 4) is 0 Å². The molecule has 0 N–H and O–H groups in total. The van der Waals surface area contributed by atoms with Crippen molar-refractivity contribution in [1.82, 2.24) is 9.97 Å². The van der Waals surface area contributed by atoms with Crippen LogP contribution in [0.4, 0.5) is 0 Å². The first-order valence-electron chi connectivity index (χ1n) is 3.25. The van der Waals surface area contributed by atoms with Crippen molar-refractivity contribution in [2.24, 2.45) is 0 Å². The molecule has 1 aromatic rings. The molecule has 0 bridgehead atoms. The maximum atomic E-state index is 11.0.